The first kappa shape index (κ1) is 29.2. The van der Waals surface area contributed by atoms with Crippen LogP contribution in [0.25, 0.3) is 0 Å². The van der Waals surface area contributed by atoms with E-state index < -0.39 is 11.7 Å². The minimum Gasteiger partial charge on any atom is -0.507 e. The lowest BCUT2D eigenvalue weighted by molar-refractivity contribution is -0.137. The number of likely N-dealkylation sites (tertiary alicyclic amines) is 1. The third kappa shape index (κ3) is 8.11. The van der Waals surface area contributed by atoms with Gasteiger partial charge in [-0.05, 0) is 61.6 Å². The third-order valence-corrected chi connectivity index (χ3v) is 7.50. The second-order valence-corrected chi connectivity index (χ2v) is 10.4. The van der Waals surface area contributed by atoms with Crippen molar-refractivity contribution in [1.82, 2.24) is 4.90 Å². The first-order chi connectivity index (χ1) is 19.4. The molecule has 212 valence electrons. The van der Waals surface area contributed by atoms with Gasteiger partial charge in [0.1, 0.15) is 17.1 Å². The van der Waals surface area contributed by atoms with E-state index in [1.165, 1.54) is 5.56 Å². The van der Waals surface area contributed by atoms with Crippen LogP contribution in [-0.2, 0) is 27.2 Å². The summed E-state index contributed by atoms with van der Waals surface area (Å²) in [6, 6.07) is 11.4. The van der Waals surface area contributed by atoms with E-state index in [0.717, 1.165) is 38.2 Å². The van der Waals surface area contributed by atoms with E-state index in [1.54, 1.807) is 11.0 Å². The third-order valence-electron chi connectivity index (χ3n) is 7.08. The first-order valence-corrected chi connectivity index (χ1v) is 14.0. The Balaban J connectivity index is 1.42. The molecule has 4 rings (SSSR count). The minimum atomic E-state index is -0.755. The number of piperidine rings is 1. The number of cyclic esters (lactones) is 1. The standard InChI is InChI=1S/C31H35ClN2O6/c32-30-25-19-24(12-8-3-1-2-4-9-17-39-31(38)29(25)26(35)20-27(30)36)33-40-21-28(37)34-15-13-23(14-16-34)18-22-10-6-5-7-11-22/h2,4-8,10-12,20,23,35-36H,1,3,9,13-19,21H2. The van der Waals surface area contributed by atoms with Crippen LogP contribution in [0.4, 0.5) is 0 Å². The molecule has 0 radical (unpaired) electrons. The molecule has 0 aromatic heterocycles. The van der Waals surface area contributed by atoms with Gasteiger partial charge in [-0.1, -0.05) is 65.3 Å². The van der Waals surface area contributed by atoms with Crippen molar-refractivity contribution in [3.05, 3.63) is 82.4 Å². The largest absolute Gasteiger partial charge is 0.507 e. The number of rotatable bonds is 5. The Morgan fingerprint density at radius 3 is 2.55 bits per heavy atom. The van der Waals surface area contributed by atoms with E-state index in [1.807, 2.05) is 36.4 Å². The van der Waals surface area contributed by atoms with Crippen LogP contribution in [0, 0.1) is 5.92 Å². The Morgan fingerprint density at radius 1 is 1.05 bits per heavy atom. The lowest BCUT2D eigenvalue weighted by Crippen LogP contribution is -2.40. The van der Waals surface area contributed by atoms with Crippen molar-refractivity contribution < 1.29 is 29.4 Å². The number of carbonyl (C=O) groups excluding carboxylic acids is 2. The number of ether oxygens (including phenoxy) is 1. The molecule has 2 aliphatic heterocycles. The Bertz CT molecular complexity index is 1270. The summed E-state index contributed by atoms with van der Waals surface area (Å²) in [5, 5.41) is 24.7. The van der Waals surface area contributed by atoms with Crippen molar-refractivity contribution in [3.8, 4) is 11.5 Å². The Hall–Kier alpha value is -3.78. The molecular weight excluding hydrogens is 532 g/mol. The minimum absolute atomic E-state index is 0.0311. The summed E-state index contributed by atoms with van der Waals surface area (Å²) in [4.78, 5) is 32.9. The summed E-state index contributed by atoms with van der Waals surface area (Å²) in [5.74, 6) is -1.17. The second kappa shape index (κ2) is 14.6. The van der Waals surface area contributed by atoms with Crippen LogP contribution in [0.15, 0.2) is 65.9 Å². The van der Waals surface area contributed by atoms with Crippen LogP contribution in [0.2, 0.25) is 5.02 Å². The van der Waals surface area contributed by atoms with Gasteiger partial charge in [-0.2, -0.15) is 0 Å². The van der Waals surface area contributed by atoms with Gasteiger partial charge in [0.15, 0.2) is 6.61 Å². The van der Waals surface area contributed by atoms with E-state index in [4.69, 9.17) is 21.2 Å². The van der Waals surface area contributed by atoms with Gasteiger partial charge in [-0.15, -0.1) is 0 Å². The molecule has 8 nitrogen and oxygen atoms in total. The molecule has 2 N–H and O–H groups in total. The van der Waals surface area contributed by atoms with Crippen molar-refractivity contribution in [2.75, 3.05) is 26.3 Å². The molecule has 40 heavy (non-hydrogen) atoms. The maximum atomic E-state index is 12.8. The van der Waals surface area contributed by atoms with Crippen molar-refractivity contribution in [1.29, 1.82) is 0 Å². The zero-order valence-corrected chi connectivity index (χ0v) is 23.2. The first-order valence-electron chi connectivity index (χ1n) is 13.6. The van der Waals surface area contributed by atoms with Gasteiger partial charge in [0, 0.05) is 25.6 Å². The van der Waals surface area contributed by atoms with Crippen molar-refractivity contribution in [3.63, 3.8) is 0 Å². The summed E-state index contributed by atoms with van der Waals surface area (Å²) in [6.07, 6.45) is 12.5. The number of fused-ring (bicyclic) bond motifs is 1. The molecule has 2 heterocycles. The molecule has 1 saturated heterocycles. The number of esters is 1. The number of phenolic OH excluding ortho intramolecular Hbond substituents is 2. The molecule has 0 atom stereocenters. The lowest BCUT2D eigenvalue weighted by Gasteiger charge is -2.31. The Kier molecular flexibility index (Phi) is 10.6. The summed E-state index contributed by atoms with van der Waals surface area (Å²) in [5.41, 5.74) is 1.71. The highest BCUT2D eigenvalue weighted by molar-refractivity contribution is 6.33. The maximum absolute atomic E-state index is 12.8. The molecule has 2 aliphatic rings. The predicted molar refractivity (Wildman–Crippen MR) is 154 cm³/mol. The summed E-state index contributed by atoms with van der Waals surface area (Å²) in [6.45, 7) is 1.26. The number of hydrogen-bond donors (Lipinski definition) is 2. The second-order valence-electron chi connectivity index (χ2n) is 10.0. The average molecular weight is 567 g/mol. The summed E-state index contributed by atoms with van der Waals surface area (Å²) >= 11 is 6.35. The molecule has 1 amide bonds. The van der Waals surface area contributed by atoms with Crippen LogP contribution in [0.1, 0.15) is 53.6 Å². The maximum Gasteiger partial charge on any atom is 0.342 e. The fraction of sp³-hybridized carbons (Fsp3) is 0.387. The lowest BCUT2D eigenvalue weighted by atomic mass is 9.90. The fourth-order valence-corrected chi connectivity index (χ4v) is 5.13. The number of phenols is 2. The number of aromatic hydroxyl groups is 2. The Morgan fingerprint density at radius 2 is 1.77 bits per heavy atom. The van der Waals surface area contributed by atoms with Gasteiger partial charge in [0.2, 0.25) is 0 Å². The van der Waals surface area contributed by atoms with Gasteiger partial charge in [-0.3, -0.25) is 4.79 Å². The van der Waals surface area contributed by atoms with Crippen molar-refractivity contribution in [2.45, 2.75) is 44.9 Å². The quantitative estimate of drug-likeness (QED) is 0.277. The van der Waals surface area contributed by atoms with Crippen LogP contribution >= 0.6 is 11.6 Å². The normalized spacial score (nSPS) is 18.2. The molecule has 0 unspecified atom stereocenters. The molecule has 9 heteroatoms. The topological polar surface area (TPSA) is 109 Å². The summed E-state index contributed by atoms with van der Waals surface area (Å²) in [7, 11) is 0. The van der Waals surface area contributed by atoms with Crippen molar-refractivity contribution in [2.24, 2.45) is 11.1 Å². The predicted octanol–water partition coefficient (Wildman–Crippen LogP) is 5.60. The van der Waals surface area contributed by atoms with E-state index >= 15 is 0 Å². The SMILES string of the molecule is O=C1OCCC=CCCC=CC(=NOCC(=O)N2CCC(Cc3ccccc3)CC2)Cc2c(Cl)c(O)cc(O)c21. The molecule has 0 spiro atoms. The Labute approximate surface area is 239 Å². The molecule has 2 aromatic rings. The number of halogens is 1. The van der Waals surface area contributed by atoms with Crippen LogP contribution in [0.3, 0.4) is 0 Å². The van der Waals surface area contributed by atoms with E-state index in [-0.39, 0.29) is 47.4 Å². The van der Waals surface area contributed by atoms with Gasteiger partial charge < -0.3 is 24.7 Å². The summed E-state index contributed by atoms with van der Waals surface area (Å²) < 4.78 is 5.31. The number of nitrogens with zero attached hydrogens (tertiary/aromatic N) is 2. The van der Waals surface area contributed by atoms with Gasteiger partial charge in [0.25, 0.3) is 5.91 Å². The zero-order valence-electron chi connectivity index (χ0n) is 22.4. The number of carbonyl (C=O) groups is 2. The number of hydrogen-bond acceptors (Lipinski definition) is 7. The molecule has 1 fully saturated rings. The number of benzene rings is 2. The molecule has 2 aromatic carbocycles. The van der Waals surface area contributed by atoms with Crippen LogP contribution in [0.5, 0.6) is 11.5 Å². The highest BCUT2D eigenvalue weighted by Crippen LogP contribution is 2.37. The van der Waals surface area contributed by atoms with E-state index in [0.29, 0.717) is 31.1 Å². The fourth-order valence-electron chi connectivity index (χ4n) is 4.92. The highest BCUT2D eigenvalue weighted by Gasteiger charge is 2.25. The molecule has 0 aliphatic carbocycles. The van der Waals surface area contributed by atoms with Crippen LogP contribution < -0.4 is 0 Å². The van der Waals surface area contributed by atoms with Gasteiger partial charge in [0.05, 0.1) is 17.3 Å². The monoisotopic (exact) mass is 566 g/mol. The highest BCUT2D eigenvalue weighted by atomic mass is 35.5. The molecular formula is C31H35ClN2O6. The van der Waals surface area contributed by atoms with E-state index in [2.05, 4.69) is 17.3 Å². The van der Waals surface area contributed by atoms with Gasteiger partial charge in [-0.25, -0.2) is 4.79 Å². The number of allylic oxidation sites excluding steroid dienone is 3. The van der Waals surface area contributed by atoms with E-state index in [9.17, 15) is 19.8 Å². The smallest absolute Gasteiger partial charge is 0.342 e. The molecule has 0 saturated carbocycles. The van der Waals surface area contributed by atoms with Crippen LogP contribution in [-0.4, -0.2) is 59.0 Å². The number of oxime groups is 1. The molecule has 0 bridgehead atoms. The zero-order chi connectivity index (χ0) is 28.3. The van der Waals surface area contributed by atoms with Gasteiger partial charge >= 0.3 is 5.97 Å². The number of amides is 1. The average Bonchev–Trinajstić information content (AvgIpc) is 2.95. The van der Waals surface area contributed by atoms with Crippen molar-refractivity contribution >= 4 is 29.2 Å².